The Morgan fingerprint density at radius 1 is 1.31 bits per heavy atom. The van der Waals surface area contributed by atoms with Gasteiger partial charge in [-0.2, -0.15) is 0 Å². The highest BCUT2D eigenvalue weighted by Crippen LogP contribution is 2.23. The van der Waals surface area contributed by atoms with Gasteiger partial charge < -0.3 is 0 Å². The van der Waals surface area contributed by atoms with Crippen LogP contribution >= 0.6 is 0 Å². The zero-order valence-electron chi connectivity index (χ0n) is 10.7. The van der Waals surface area contributed by atoms with Gasteiger partial charge in [0, 0.05) is 0 Å². The van der Waals surface area contributed by atoms with E-state index in [1.165, 1.54) is 29.5 Å². The second kappa shape index (κ2) is 6.32. The lowest BCUT2D eigenvalue weighted by Crippen LogP contribution is -1.93. The van der Waals surface area contributed by atoms with Gasteiger partial charge in [0.1, 0.15) is 0 Å². The van der Waals surface area contributed by atoms with Crippen molar-refractivity contribution in [2.24, 2.45) is 0 Å². The Morgan fingerprint density at radius 3 is 2.38 bits per heavy atom. The number of hydrogen-bond donors (Lipinski definition) is 0. The van der Waals surface area contributed by atoms with Crippen LogP contribution in [0.25, 0.3) is 5.57 Å². The van der Waals surface area contributed by atoms with Gasteiger partial charge in [-0.3, -0.25) is 0 Å². The average Bonchev–Trinajstić information content (AvgIpc) is 2.32. The quantitative estimate of drug-likeness (QED) is 0.592. The molecule has 0 unspecified atom stereocenters. The monoisotopic (exact) mass is 214 g/mol. The summed E-state index contributed by atoms with van der Waals surface area (Å²) < 4.78 is 0. The summed E-state index contributed by atoms with van der Waals surface area (Å²) in [7, 11) is 0. The first-order valence-electron chi connectivity index (χ1n) is 6.12. The van der Waals surface area contributed by atoms with E-state index < -0.39 is 0 Å². The normalized spacial score (nSPS) is 13.6. The molecule has 1 atom stereocenters. The topological polar surface area (TPSA) is 0 Å². The van der Waals surface area contributed by atoms with Crippen molar-refractivity contribution in [2.75, 3.05) is 0 Å². The van der Waals surface area contributed by atoms with E-state index >= 15 is 0 Å². The molecule has 0 saturated heterocycles. The standard InChI is InChI=1S/C16H22/c1-5-8-13(4)15-9-11-16(12-10-15)14(6-2)7-3/h6-7,9-13H,2,5,8H2,1,3-4H3/b14-7+/t13-/m1/s1. The predicted octanol–water partition coefficient (Wildman–Crippen LogP) is 5.18. The molecule has 1 aromatic carbocycles. The second-order valence-electron chi connectivity index (χ2n) is 4.26. The molecule has 0 spiro atoms. The lowest BCUT2D eigenvalue weighted by atomic mass is 9.94. The predicted molar refractivity (Wildman–Crippen MR) is 73.6 cm³/mol. The van der Waals surface area contributed by atoms with Crippen molar-refractivity contribution in [3.8, 4) is 0 Å². The van der Waals surface area contributed by atoms with E-state index in [0.29, 0.717) is 5.92 Å². The van der Waals surface area contributed by atoms with Crippen molar-refractivity contribution in [2.45, 2.75) is 39.5 Å². The minimum atomic E-state index is 0.664. The minimum Gasteiger partial charge on any atom is -0.0985 e. The van der Waals surface area contributed by atoms with Crippen molar-refractivity contribution >= 4 is 5.57 Å². The second-order valence-corrected chi connectivity index (χ2v) is 4.26. The summed E-state index contributed by atoms with van der Waals surface area (Å²) in [5.41, 5.74) is 3.89. The summed E-state index contributed by atoms with van der Waals surface area (Å²) >= 11 is 0. The fraction of sp³-hybridized carbons (Fsp3) is 0.375. The van der Waals surface area contributed by atoms with Crippen molar-refractivity contribution in [1.82, 2.24) is 0 Å². The maximum Gasteiger partial charge on any atom is -0.0187 e. The van der Waals surface area contributed by atoms with Crippen LogP contribution in [0.2, 0.25) is 0 Å². The van der Waals surface area contributed by atoms with Crippen LogP contribution < -0.4 is 0 Å². The summed E-state index contributed by atoms with van der Waals surface area (Å²) in [6.07, 6.45) is 6.51. The Morgan fingerprint density at radius 2 is 1.94 bits per heavy atom. The van der Waals surface area contributed by atoms with Crippen LogP contribution in [-0.2, 0) is 0 Å². The molecule has 0 amide bonds. The molecule has 1 aromatic rings. The Balaban J connectivity index is 2.86. The molecule has 86 valence electrons. The number of benzene rings is 1. The fourth-order valence-corrected chi connectivity index (χ4v) is 2.01. The summed E-state index contributed by atoms with van der Waals surface area (Å²) in [6, 6.07) is 8.86. The maximum absolute atomic E-state index is 3.83. The number of rotatable bonds is 5. The third kappa shape index (κ3) is 3.10. The molecule has 16 heavy (non-hydrogen) atoms. The highest BCUT2D eigenvalue weighted by Gasteiger charge is 2.04. The molecule has 0 aliphatic heterocycles. The Hall–Kier alpha value is -1.30. The van der Waals surface area contributed by atoms with Crippen LogP contribution in [0, 0.1) is 0 Å². The van der Waals surface area contributed by atoms with Crippen molar-refractivity contribution in [1.29, 1.82) is 0 Å². The van der Waals surface area contributed by atoms with E-state index in [1.54, 1.807) is 0 Å². The highest BCUT2D eigenvalue weighted by atomic mass is 14.1. The third-order valence-electron chi connectivity index (χ3n) is 3.07. The SMILES string of the molecule is C=C/C(=C\C)c1ccc([C@H](C)CCC)cc1. The van der Waals surface area contributed by atoms with Crippen molar-refractivity contribution in [3.63, 3.8) is 0 Å². The van der Waals surface area contributed by atoms with E-state index in [9.17, 15) is 0 Å². The van der Waals surface area contributed by atoms with Gasteiger partial charge in [-0.1, -0.05) is 63.3 Å². The van der Waals surface area contributed by atoms with Gasteiger partial charge in [0.15, 0.2) is 0 Å². The highest BCUT2D eigenvalue weighted by molar-refractivity contribution is 5.73. The molecule has 0 heterocycles. The first kappa shape index (κ1) is 12.8. The van der Waals surface area contributed by atoms with Gasteiger partial charge in [0.2, 0.25) is 0 Å². The molecule has 0 saturated carbocycles. The van der Waals surface area contributed by atoms with Gasteiger partial charge in [-0.25, -0.2) is 0 Å². The first-order chi connectivity index (χ1) is 7.72. The molecule has 0 aliphatic carbocycles. The summed E-state index contributed by atoms with van der Waals surface area (Å²) in [4.78, 5) is 0. The molecule has 0 radical (unpaired) electrons. The van der Waals surface area contributed by atoms with Gasteiger partial charge in [-0.15, -0.1) is 0 Å². The molecule has 0 bridgehead atoms. The molecular formula is C16H22. The van der Waals surface area contributed by atoms with Crippen LogP contribution in [0.15, 0.2) is 43.0 Å². The van der Waals surface area contributed by atoms with E-state index in [-0.39, 0.29) is 0 Å². The van der Waals surface area contributed by atoms with Gasteiger partial charge in [0.25, 0.3) is 0 Å². The number of allylic oxidation sites excluding steroid dienone is 3. The maximum atomic E-state index is 3.83. The van der Waals surface area contributed by atoms with Gasteiger partial charge in [0.05, 0.1) is 0 Å². The van der Waals surface area contributed by atoms with Crippen molar-refractivity contribution in [3.05, 3.63) is 54.1 Å². The third-order valence-corrected chi connectivity index (χ3v) is 3.07. The minimum absolute atomic E-state index is 0.664. The van der Waals surface area contributed by atoms with E-state index in [0.717, 1.165) is 0 Å². The van der Waals surface area contributed by atoms with Crippen LogP contribution in [-0.4, -0.2) is 0 Å². The largest absolute Gasteiger partial charge is 0.0985 e. The molecule has 0 heteroatoms. The molecule has 0 nitrogen and oxygen atoms in total. The molecule has 0 fully saturated rings. The Bertz CT molecular complexity index is 354. The van der Waals surface area contributed by atoms with Gasteiger partial charge in [-0.05, 0) is 36.0 Å². The zero-order valence-corrected chi connectivity index (χ0v) is 10.7. The first-order valence-corrected chi connectivity index (χ1v) is 6.12. The lowest BCUT2D eigenvalue weighted by molar-refractivity contribution is 0.665. The smallest absolute Gasteiger partial charge is 0.0187 e. The summed E-state index contributed by atoms with van der Waals surface area (Å²) in [5.74, 6) is 0.664. The molecule has 1 rings (SSSR count). The Labute approximate surface area is 99.7 Å². The summed E-state index contributed by atoms with van der Waals surface area (Å²) in [6.45, 7) is 10.4. The van der Waals surface area contributed by atoms with Crippen LogP contribution in [0.1, 0.15) is 50.7 Å². The average molecular weight is 214 g/mol. The lowest BCUT2D eigenvalue weighted by Gasteiger charge is -2.11. The van der Waals surface area contributed by atoms with Crippen LogP contribution in [0.5, 0.6) is 0 Å². The summed E-state index contributed by atoms with van der Waals surface area (Å²) in [5, 5.41) is 0. The molecular weight excluding hydrogens is 192 g/mol. The van der Waals surface area contributed by atoms with Gasteiger partial charge >= 0.3 is 0 Å². The Kier molecular flexibility index (Phi) is 5.04. The van der Waals surface area contributed by atoms with Crippen molar-refractivity contribution < 1.29 is 0 Å². The van der Waals surface area contributed by atoms with Crippen LogP contribution in [0.4, 0.5) is 0 Å². The van der Waals surface area contributed by atoms with E-state index in [4.69, 9.17) is 0 Å². The molecule has 0 N–H and O–H groups in total. The van der Waals surface area contributed by atoms with E-state index in [2.05, 4.69) is 50.8 Å². The fourth-order valence-electron chi connectivity index (χ4n) is 2.01. The van der Waals surface area contributed by atoms with E-state index in [1.807, 2.05) is 13.0 Å². The molecule has 0 aromatic heterocycles. The molecule has 0 aliphatic rings. The van der Waals surface area contributed by atoms with Crippen LogP contribution in [0.3, 0.4) is 0 Å². The number of hydrogen-bond acceptors (Lipinski definition) is 0. The zero-order chi connectivity index (χ0) is 12.0.